The Balaban J connectivity index is 1.91. The first-order valence-electron chi connectivity index (χ1n) is 4.82. The van der Waals surface area contributed by atoms with E-state index in [0.717, 1.165) is 19.4 Å². The fourth-order valence-corrected chi connectivity index (χ4v) is 1.21. The summed E-state index contributed by atoms with van der Waals surface area (Å²) in [7, 11) is 1.65. The third-order valence-electron chi connectivity index (χ3n) is 2.24. The van der Waals surface area contributed by atoms with Gasteiger partial charge in [-0.2, -0.15) is 0 Å². The first kappa shape index (κ1) is 10.5. The number of methoxy groups -OCH3 is 1. The Kier molecular flexibility index (Phi) is 4.78. The molecule has 0 aromatic heterocycles. The van der Waals surface area contributed by atoms with Crippen LogP contribution in [0.3, 0.4) is 0 Å². The van der Waals surface area contributed by atoms with Crippen molar-refractivity contribution >= 4 is 5.91 Å². The average molecular weight is 186 g/mol. The Bertz CT molecular complexity index is 158. The highest BCUT2D eigenvalue weighted by molar-refractivity contribution is 5.78. The number of carbonyl (C=O) groups is 1. The maximum absolute atomic E-state index is 11.2. The molecular formula is C9H18N2O2. The minimum Gasteiger partial charge on any atom is -0.383 e. The van der Waals surface area contributed by atoms with E-state index in [0.29, 0.717) is 19.2 Å². The van der Waals surface area contributed by atoms with Gasteiger partial charge >= 0.3 is 0 Å². The van der Waals surface area contributed by atoms with Crippen LogP contribution in [0.4, 0.5) is 0 Å². The lowest BCUT2D eigenvalue weighted by Gasteiger charge is -2.26. The minimum atomic E-state index is 0.0980. The molecule has 0 radical (unpaired) electrons. The van der Waals surface area contributed by atoms with Crippen LogP contribution in [0.15, 0.2) is 0 Å². The van der Waals surface area contributed by atoms with Gasteiger partial charge in [-0.25, -0.2) is 0 Å². The van der Waals surface area contributed by atoms with Crippen molar-refractivity contribution in [3.8, 4) is 0 Å². The molecule has 0 saturated heterocycles. The zero-order valence-electron chi connectivity index (χ0n) is 8.14. The summed E-state index contributed by atoms with van der Waals surface area (Å²) in [6, 6.07) is 0.441. The largest absolute Gasteiger partial charge is 0.383 e. The summed E-state index contributed by atoms with van der Waals surface area (Å²) in [6.45, 7) is 1.78. The highest BCUT2D eigenvalue weighted by Gasteiger charge is 2.18. The Morgan fingerprint density at radius 3 is 2.85 bits per heavy atom. The summed E-state index contributed by atoms with van der Waals surface area (Å²) < 4.78 is 4.84. The molecule has 13 heavy (non-hydrogen) atoms. The molecule has 1 saturated carbocycles. The van der Waals surface area contributed by atoms with Gasteiger partial charge in [-0.3, -0.25) is 4.79 Å². The molecule has 0 atom stereocenters. The van der Waals surface area contributed by atoms with E-state index in [1.807, 2.05) is 0 Å². The van der Waals surface area contributed by atoms with Crippen LogP contribution in [0.1, 0.15) is 19.3 Å². The van der Waals surface area contributed by atoms with E-state index < -0.39 is 0 Å². The first-order chi connectivity index (χ1) is 6.33. The topological polar surface area (TPSA) is 50.4 Å². The molecule has 0 aromatic rings. The lowest BCUT2D eigenvalue weighted by Crippen LogP contribution is -2.44. The third-order valence-corrected chi connectivity index (χ3v) is 2.24. The molecule has 1 rings (SSSR count). The van der Waals surface area contributed by atoms with Gasteiger partial charge < -0.3 is 15.4 Å². The van der Waals surface area contributed by atoms with Crippen molar-refractivity contribution in [2.45, 2.75) is 25.3 Å². The molecule has 0 bridgehead atoms. The summed E-state index contributed by atoms with van der Waals surface area (Å²) in [5, 5.41) is 5.95. The molecule has 4 nitrogen and oxygen atoms in total. The molecule has 2 N–H and O–H groups in total. The van der Waals surface area contributed by atoms with Gasteiger partial charge in [-0.15, -0.1) is 0 Å². The summed E-state index contributed by atoms with van der Waals surface area (Å²) in [4.78, 5) is 11.2. The molecule has 1 amide bonds. The standard InChI is InChI=1S/C9H18N2O2/c1-13-6-5-10-7-9(12)11-8-3-2-4-8/h8,10H,2-7H2,1H3,(H,11,12). The molecule has 4 heteroatoms. The van der Waals surface area contributed by atoms with Crippen molar-refractivity contribution in [2.75, 3.05) is 26.8 Å². The summed E-state index contributed by atoms with van der Waals surface area (Å²) in [5.41, 5.74) is 0. The smallest absolute Gasteiger partial charge is 0.234 e. The highest BCUT2D eigenvalue weighted by atomic mass is 16.5. The minimum absolute atomic E-state index is 0.0980. The van der Waals surface area contributed by atoms with Gasteiger partial charge in [0.25, 0.3) is 0 Å². The fraction of sp³-hybridized carbons (Fsp3) is 0.889. The number of hydrogen-bond acceptors (Lipinski definition) is 3. The lowest BCUT2D eigenvalue weighted by atomic mass is 9.93. The Morgan fingerprint density at radius 2 is 2.31 bits per heavy atom. The second kappa shape index (κ2) is 5.94. The van der Waals surface area contributed by atoms with E-state index in [2.05, 4.69) is 10.6 Å². The van der Waals surface area contributed by atoms with Crippen LogP contribution in [0.2, 0.25) is 0 Å². The van der Waals surface area contributed by atoms with Gasteiger partial charge in [0.15, 0.2) is 0 Å². The zero-order valence-corrected chi connectivity index (χ0v) is 8.14. The summed E-state index contributed by atoms with van der Waals surface area (Å²) in [6.07, 6.45) is 3.54. The lowest BCUT2D eigenvalue weighted by molar-refractivity contribution is -0.121. The second-order valence-corrected chi connectivity index (χ2v) is 3.36. The molecule has 1 aliphatic rings. The third kappa shape index (κ3) is 4.24. The molecule has 0 aromatic carbocycles. The van der Waals surface area contributed by atoms with Crippen molar-refractivity contribution in [1.29, 1.82) is 0 Å². The fourth-order valence-electron chi connectivity index (χ4n) is 1.21. The Morgan fingerprint density at radius 1 is 1.54 bits per heavy atom. The summed E-state index contributed by atoms with van der Waals surface area (Å²) in [5.74, 6) is 0.0980. The Labute approximate surface area is 79.0 Å². The van der Waals surface area contributed by atoms with Crippen molar-refractivity contribution < 1.29 is 9.53 Å². The van der Waals surface area contributed by atoms with Crippen LogP contribution in [-0.2, 0) is 9.53 Å². The van der Waals surface area contributed by atoms with Gasteiger partial charge in [0.05, 0.1) is 13.2 Å². The van der Waals surface area contributed by atoms with E-state index in [1.54, 1.807) is 7.11 Å². The number of hydrogen-bond donors (Lipinski definition) is 2. The molecular weight excluding hydrogens is 168 g/mol. The highest BCUT2D eigenvalue weighted by Crippen LogP contribution is 2.17. The SMILES string of the molecule is COCCNCC(=O)NC1CCC1. The molecule has 76 valence electrons. The van der Waals surface area contributed by atoms with Crippen LogP contribution in [0.25, 0.3) is 0 Å². The predicted molar refractivity (Wildman–Crippen MR) is 50.5 cm³/mol. The van der Waals surface area contributed by atoms with Crippen LogP contribution in [0, 0.1) is 0 Å². The van der Waals surface area contributed by atoms with Crippen molar-refractivity contribution in [3.05, 3.63) is 0 Å². The molecule has 0 spiro atoms. The van der Waals surface area contributed by atoms with Gasteiger partial charge in [-0.1, -0.05) is 0 Å². The van der Waals surface area contributed by atoms with E-state index in [-0.39, 0.29) is 5.91 Å². The molecule has 0 aliphatic heterocycles. The monoisotopic (exact) mass is 186 g/mol. The zero-order chi connectivity index (χ0) is 9.52. The van der Waals surface area contributed by atoms with Crippen LogP contribution < -0.4 is 10.6 Å². The quantitative estimate of drug-likeness (QED) is 0.569. The molecule has 0 unspecified atom stereocenters. The van der Waals surface area contributed by atoms with Crippen LogP contribution >= 0.6 is 0 Å². The maximum Gasteiger partial charge on any atom is 0.234 e. The first-order valence-corrected chi connectivity index (χ1v) is 4.82. The van der Waals surface area contributed by atoms with E-state index >= 15 is 0 Å². The van der Waals surface area contributed by atoms with Gasteiger partial charge in [-0.05, 0) is 19.3 Å². The summed E-state index contributed by atoms with van der Waals surface area (Å²) >= 11 is 0. The molecule has 0 heterocycles. The normalized spacial score (nSPS) is 16.7. The van der Waals surface area contributed by atoms with Gasteiger partial charge in [0.1, 0.15) is 0 Å². The number of amides is 1. The maximum atomic E-state index is 11.2. The van der Waals surface area contributed by atoms with E-state index in [4.69, 9.17) is 4.74 Å². The van der Waals surface area contributed by atoms with Crippen molar-refractivity contribution in [2.24, 2.45) is 0 Å². The van der Waals surface area contributed by atoms with E-state index in [9.17, 15) is 4.79 Å². The van der Waals surface area contributed by atoms with Gasteiger partial charge in [0.2, 0.25) is 5.91 Å². The van der Waals surface area contributed by atoms with Crippen LogP contribution in [0.5, 0.6) is 0 Å². The second-order valence-electron chi connectivity index (χ2n) is 3.36. The van der Waals surface area contributed by atoms with Gasteiger partial charge in [0, 0.05) is 19.7 Å². The number of carbonyl (C=O) groups excluding carboxylic acids is 1. The van der Waals surface area contributed by atoms with Crippen LogP contribution in [-0.4, -0.2) is 38.8 Å². The number of ether oxygens (including phenoxy) is 1. The molecule has 1 fully saturated rings. The predicted octanol–water partition coefficient (Wildman–Crippen LogP) is -0.109. The number of rotatable bonds is 6. The van der Waals surface area contributed by atoms with Crippen molar-refractivity contribution in [3.63, 3.8) is 0 Å². The average Bonchev–Trinajstić information content (AvgIpc) is 2.06. The molecule has 1 aliphatic carbocycles. The number of nitrogens with one attached hydrogen (secondary N) is 2. The van der Waals surface area contributed by atoms with Crippen molar-refractivity contribution in [1.82, 2.24) is 10.6 Å². The Hall–Kier alpha value is -0.610. The van der Waals surface area contributed by atoms with E-state index in [1.165, 1.54) is 6.42 Å².